The second-order valence-corrected chi connectivity index (χ2v) is 10.4. The van der Waals surface area contributed by atoms with Gasteiger partial charge in [0.05, 0.1) is 25.2 Å². The average Bonchev–Trinajstić information content (AvgIpc) is 2.98. The standard InChI is InChI=1S/C32H34FN3O4/c1-3-39-27-19-21-13-14-36-30(26(21)20-28(27)40-4-2)29(24-7-5-6-8-25(24)31(36)37)32(38)35-17-15-34(16-18-35)23-11-9-22(33)10-12-23/h5-12,19-20,29-30H,3-4,13-18H2,1-2H3/t29-,30-/m1/s1. The second-order valence-electron chi connectivity index (χ2n) is 10.4. The smallest absolute Gasteiger partial charge is 0.254 e. The van der Waals surface area contributed by atoms with E-state index in [0.717, 1.165) is 22.4 Å². The fraction of sp³-hybridized carbons (Fsp3) is 0.375. The first-order valence-corrected chi connectivity index (χ1v) is 14.1. The molecule has 1 fully saturated rings. The number of carbonyl (C=O) groups is 2. The number of ether oxygens (including phenoxy) is 2. The molecule has 3 aliphatic rings. The predicted molar refractivity (Wildman–Crippen MR) is 151 cm³/mol. The minimum atomic E-state index is -0.530. The molecule has 3 aromatic carbocycles. The summed E-state index contributed by atoms with van der Waals surface area (Å²) in [6, 6.07) is 17.6. The van der Waals surface area contributed by atoms with Crippen molar-refractivity contribution < 1.29 is 23.5 Å². The number of halogens is 1. The minimum Gasteiger partial charge on any atom is -0.490 e. The molecular weight excluding hydrogens is 509 g/mol. The fourth-order valence-corrected chi connectivity index (χ4v) is 6.37. The number of rotatable bonds is 6. The molecule has 0 unspecified atom stereocenters. The Kier molecular flexibility index (Phi) is 7.09. The van der Waals surface area contributed by atoms with Gasteiger partial charge < -0.3 is 24.2 Å². The maximum atomic E-state index is 14.4. The molecule has 0 aromatic heterocycles. The van der Waals surface area contributed by atoms with Crippen LogP contribution in [0.1, 0.15) is 52.9 Å². The largest absolute Gasteiger partial charge is 0.490 e. The Balaban J connectivity index is 1.36. The lowest BCUT2D eigenvalue weighted by Crippen LogP contribution is -2.54. The molecular formula is C32H34FN3O4. The van der Waals surface area contributed by atoms with Gasteiger partial charge in [0.1, 0.15) is 5.82 Å². The molecule has 3 aliphatic heterocycles. The zero-order valence-electron chi connectivity index (χ0n) is 22.9. The van der Waals surface area contributed by atoms with Crippen LogP contribution in [0, 0.1) is 5.82 Å². The molecule has 3 heterocycles. The molecule has 7 nitrogen and oxygen atoms in total. The SMILES string of the molecule is CCOc1cc2c(cc1OCC)[C@@H]1[C@H](C(=O)N3CCN(c4ccc(F)cc4)CC3)c3ccccc3C(=O)N1CC2. The number of benzene rings is 3. The van der Waals surface area contributed by atoms with Gasteiger partial charge >= 0.3 is 0 Å². The highest BCUT2D eigenvalue weighted by atomic mass is 19.1. The molecule has 0 saturated carbocycles. The van der Waals surface area contributed by atoms with Crippen LogP contribution in [0.2, 0.25) is 0 Å². The lowest BCUT2D eigenvalue weighted by atomic mass is 9.75. The minimum absolute atomic E-state index is 0.0217. The van der Waals surface area contributed by atoms with Crippen LogP contribution in [0.3, 0.4) is 0 Å². The van der Waals surface area contributed by atoms with Gasteiger partial charge in [-0.25, -0.2) is 4.39 Å². The first kappa shape index (κ1) is 26.2. The molecule has 40 heavy (non-hydrogen) atoms. The lowest BCUT2D eigenvalue weighted by molar-refractivity contribution is -0.135. The van der Waals surface area contributed by atoms with Gasteiger partial charge in [-0.2, -0.15) is 0 Å². The van der Waals surface area contributed by atoms with Crippen LogP contribution in [0.4, 0.5) is 10.1 Å². The third-order valence-electron chi connectivity index (χ3n) is 8.23. The van der Waals surface area contributed by atoms with Crippen molar-refractivity contribution in [3.63, 3.8) is 0 Å². The van der Waals surface area contributed by atoms with Crippen LogP contribution in [-0.2, 0) is 11.2 Å². The molecule has 2 amide bonds. The van der Waals surface area contributed by atoms with Gasteiger partial charge in [0.2, 0.25) is 5.91 Å². The van der Waals surface area contributed by atoms with E-state index in [1.54, 1.807) is 12.1 Å². The van der Waals surface area contributed by atoms with E-state index in [4.69, 9.17) is 9.47 Å². The molecule has 2 atom stereocenters. The number of amides is 2. The summed E-state index contributed by atoms with van der Waals surface area (Å²) in [6.45, 7) is 7.82. The molecule has 208 valence electrons. The Hall–Kier alpha value is -4.07. The van der Waals surface area contributed by atoms with E-state index < -0.39 is 12.0 Å². The van der Waals surface area contributed by atoms with Crippen molar-refractivity contribution in [2.75, 3.05) is 50.8 Å². The highest BCUT2D eigenvalue weighted by Crippen LogP contribution is 2.49. The Morgan fingerprint density at radius 2 is 1.55 bits per heavy atom. The normalized spacial score (nSPS) is 20.0. The van der Waals surface area contributed by atoms with Crippen LogP contribution in [0.15, 0.2) is 60.7 Å². The van der Waals surface area contributed by atoms with Crippen molar-refractivity contribution in [3.8, 4) is 11.5 Å². The van der Waals surface area contributed by atoms with Crippen LogP contribution in [-0.4, -0.2) is 67.6 Å². The van der Waals surface area contributed by atoms with Crippen LogP contribution < -0.4 is 14.4 Å². The molecule has 8 heteroatoms. The Labute approximate surface area is 234 Å². The zero-order valence-corrected chi connectivity index (χ0v) is 22.9. The third kappa shape index (κ3) is 4.55. The summed E-state index contributed by atoms with van der Waals surface area (Å²) in [6.07, 6.45) is 0.684. The van der Waals surface area contributed by atoms with Gasteiger partial charge in [0.15, 0.2) is 11.5 Å². The molecule has 0 radical (unpaired) electrons. The Bertz CT molecular complexity index is 1420. The van der Waals surface area contributed by atoms with E-state index >= 15 is 0 Å². The number of hydrogen-bond acceptors (Lipinski definition) is 5. The van der Waals surface area contributed by atoms with E-state index in [1.807, 2.05) is 60.0 Å². The monoisotopic (exact) mass is 543 g/mol. The van der Waals surface area contributed by atoms with E-state index in [0.29, 0.717) is 69.4 Å². The number of fused-ring (bicyclic) bond motifs is 4. The molecule has 3 aromatic rings. The molecule has 0 spiro atoms. The number of carbonyl (C=O) groups excluding carboxylic acids is 2. The number of nitrogens with zero attached hydrogens (tertiary/aromatic N) is 3. The van der Waals surface area contributed by atoms with Gasteiger partial charge in [0, 0.05) is 44.0 Å². The highest BCUT2D eigenvalue weighted by Gasteiger charge is 2.48. The number of hydrogen-bond donors (Lipinski definition) is 0. The molecule has 6 rings (SSSR count). The highest BCUT2D eigenvalue weighted by molar-refractivity contribution is 6.01. The number of anilines is 1. The second kappa shape index (κ2) is 10.8. The van der Waals surface area contributed by atoms with Crippen LogP contribution in [0.25, 0.3) is 0 Å². The maximum absolute atomic E-state index is 14.4. The topological polar surface area (TPSA) is 62.3 Å². The van der Waals surface area contributed by atoms with E-state index in [2.05, 4.69) is 4.90 Å². The number of piperazine rings is 1. The first-order chi connectivity index (χ1) is 19.5. The van der Waals surface area contributed by atoms with Crippen LogP contribution in [0.5, 0.6) is 11.5 Å². The Morgan fingerprint density at radius 1 is 0.875 bits per heavy atom. The fourth-order valence-electron chi connectivity index (χ4n) is 6.37. The average molecular weight is 544 g/mol. The third-order valence-corrected chi connectivity index (χ3v) is 8.23. The van der Waals surface area contributed by atoms with E-state index in [1.165, 1.54) is 12.1 Å². The van der Waals surface area contributed by atoms with Crippen molar-refractivity contribution in [2.45, 2.75) is 32.2 Å². The molecule has 1 saturated heterocycles. The Morgan fingerprint density at radius 3 is 2.25 bits per heavy atom. The van der Waals surface area contributed by atoms with Crippen molar-refractivity contribution in [3.05, 3.63) is 88.7 Å². The van der Waals surface area contributed by atoms with Crippen molar-refractivity contribution >= 4 is 17.5 Å². The predicted octanol–water partition coefficient (Wildman–Crippen LogP) is 4.81. The van der Waals surface area contributed by atoms with Gasteiger partial charge in [-0.15, -0.1) is 0 Å². The maximum Gasteiger partial charge on any atom is 0.254 e. The summed E-state index contributed by atoms with van der Waals surface area (Å²) < 4.78 is 25.3. The zero-order chi connectivity index (χ0) is 27.8. The summed E-state index contributed by atoms with van der Waals surface area (Å²) >= 11 is 0. The summed E-state index contributed by atoms with van der Waals surface area (Å²) in [7, 11) is 0. The van der Waals surface area contributed by atoms with Crippen LogP contribution >= 0.6 is 0 Å². The first-order valence-electron chi connectivity index (χ1n) is 14.1. The quantitative estimate of drug-likeness (QED) is 0.447. The van der Waals surface area contributed by atoms with Crippen molar-refractivity contribution in [1.82, 2.24) is 9.80 Å². The molecule has 0 N–H and O–H groups in total. The van der Waals surface area contributed by atoms with Gasteiger partial charge in [-0.3, -0.25) is 9.59 Å². The van der Waals surface area contributed by atoms with Crippen molar-refractivity contribution in [1.29, 1.82) is 0 Å². The summed E-state index contributed by atoms with van der Waals surface area (Å²) in [4.78, 5) is 34.1. The van der Waals surface area contributed by atoms with Gasteiger partial charge in [0.25, 0.3) is 5.91 Å². The lowest BCUT2D eigenvalue weighted by Gasteiger charge is -2.47. The molecule has 0 bridgehead atoms. The van der Waals surface area contributed by atoms with E-state index in [-0.39, 0.29) is 17.6 Å². The summed E-state index contributed by atoms with van der Waals surface area (Å²) in [5, 5.41) is 0. The van der Waals surface area contributed by atoms with E-state index in [9.17, 15) is 14.0 Å². The summed E-state index contributed by atoms with van der Waals surface area (Å²) in [5.41, 5.74) is 4.35. The van der Waals surface area contributed by atoms with Gasteiger partial charge in [-0.1, -0.05) is 18.2 Å². The summed E-state index contributed by atoms with van der Waals surface area (Å²) in [5.74, 6) is 0.518. The van der Waals surface area contributed by atoms with Crippen molar-refractivity contribution in [2.24, 2.45) is 0 Å². The molecule has 0 aliphatic carbocycles. The van der Waals surface area contributed by atoms with Gasteiger partial charge in [-0.05, 0) is 79.4 Å².